The van der Waals surface area contributed by atoms with E-state index < -0.39 is 12.0 Å². The molecule has 5 nitrogen and oxygen atoms in total. The van der Waals surface area contributed by atoms with Crippen molar-refractivity contribution in [1.29, 1.82) is 0 Å². The fraction of sp³-hybridized carbons (Fsp3) is 0.692. The Balaban J connectivity index is 2.10. The van der Waals surface area contributed by atoms with Gasteiger partial charge >= 0.3 is 5.97 Å². The number of aromatic nitrogens is 2. The van der Waals surface area contributed by atoms with E-state index in [1.165, 1.54) is 19.3 Å². The van der Waals surface area contributed by atoms with Gasteiger partial charge in [-0.25, -0.2) is 4.98 Å². The molecule has 0 spiro atoms. The number of aliphatic carboxylic acids is 1. The molecule has 1 saturated carbocycles. The lowest BCUT2D eigenvalue weighted by atomic mass is 9.94. The molecule has 1 atom stereocenters. The zero-order valence-electron chi connectivity index (χ0n) is 10.8. The summed E-state index contributed by atoms with van der Waals surface area (Å²) in [5.74, 6) is -0.823. The molecule has 0 radical (unpaired) electrons. The van der Waals surface area contributed by atoms with Crippen molar-refractivity contribution in [3.8, 4) is 0 Å². The Morgan fingerprint density at radius 1 is 1.56 bits per heavy atom. The fourth-order valence-electron chi connectivity index (χ4n) is 2.62. The third kappa shape index (κ3) is 2.90. The average molecular weight is 251 g/mol. The second-order valence-corrected chi connectivity index (χ2v) is 4.88. The van der Waals surface area contributed by atoms with Crippen LogP contribution in [0.2, 0.25) is 0 Å². The summed E-state index contributed by atoms with van der Waals surface area (Å²) >= 11 is 0. The number of imidazole rings is 1. The topological polar surface area (TPSA) is 67.2 Å². The van der Waals surface area contributed by atoms with Gasteiger partial charge in [0.1, 0.15) is 6.04 Å². The summed E-state index contributed by atoms with van der Waals surface area (Å²) < 4.78 is 1.88. The number of carboxylic acids is 1. The van der Waals surface area contributed by atoms with Gasteiger partial charge in [-0.3, -0.25) is 10.1 Å². The van der Waals surface area contributed by atoms with Crippen LogP contribution in [-0.2, 0) is 11.3 Å². The number of carbonyl (C=O) groups is 1. The Kier molecular flexibility index (Phi) is 4.36. The first kappa shape index (κ1) is 13.1. The molecule has 1 aliphatic rings. The molecular weight excluding hydrogens is 230 g/mol. The maximum absolute atomic E-state index is 11.4. The number of rotatable bonds is 5. The van der Waals surface area contributed by atoms with Crippen molar-refractivity contribution in [3.63, 3.8) is 0 Å². The third-order valence-corrected chi connectivity index (χ3v) is 3.64. The van der Waals surface area contributed by atoms with Crippen molar-refractivity contribution in [1.82, 2.24) is 14.9 Å². The highest BCUT2D eigenvalue weighted by atomic mass is 16.4. The van der Waals surface area contributed by atoms with Gasteiger partial charge in [0.2, 0.25) is 0 Å². The van der Waals surface area contributed by atoms with Crippen LogP contribution in [0.1, 0.15) is 50.8 Å². The molecule has 0 saturated heterocycles. The molecular formula is C13H21N3O2. The summed E-state index contributed by atoms with van der Waals surface area (Å²) in [6.07, 6.45) is 9.14. The van der Waals surface area contributed by atoms with Gasteiger partial charge < -0.3 is 9.67 Å². The molecule has 1 unspecified atom stereocenters. The number of hydrogen-bond donors (Lipinski definition) is 2. The highest BCUT2D eigenvalue weighted by Gasteiger charge is 2.26. The van der Waals surface area contributed by atoms with Crippen LogP contribution in [-0.4, -0.2) is 26.7 Å². The van der Waals surface area contributed by atoms with Crippen molar-refractivity contribution >= 4 is 5.97 Å². The zero-order chi connectivity index (χ0) is 13.0. The number of nitrogens with one attached hydrogen (secondary N) is 1. The van der Waals surface area contributed by atoms with Gasteiger partial charge in [-0.1, -0.05) is 19.3 Å². The van der Waals surface area contributed by atoms with E-state index in [1.807, 2.05) is 11.5 Å². The van der Waals surface area contributed by atoms with Crippen molar-refractivity contribution in [2.24, 2.45) is 0 Å². The van der Waals surface area contributed by atoms with Crippen LogP contribution in [0, 0.1) is 0 Å². The smallest absolute Gasteiger partial charge is 0.326 e. The van der Waals surface area contributed by atoms with Crippen LogP contribution in [0.3, 0.4) is 0 Å². The van der Waals surface area contributed by atoms with E-state index in [0.29, 0.717) is 6.04 Å². The maximum atomic E-state index is 11.4. The van der Waals surface area contributed by atoms with E-state index in [2.05, 4.69) is 10.3 Å². The Bertz CT molecular complexity index is 397. The minimum Gasteiger partial charge on any atom is -0.480 e. The quantitative estimate of drug-likeness (QED) is 0.839. The molecule has 0 bridgehead atoms. The summed E-state index contributed by atoms with van der Waals surface area (Å²) in [5, 5.41) is 12.7. The van der Waals surface area contributed by atoms with Gasteiger partial charge in [-0.05, 0) is 19.8 Å². The number of carboxylic acid groups (broad SMARTS) is 1. The molecule has 1 aromatic heterocycles. The van der Waals surface area contributed by atoms with E-state index in [1.54, 1.807) is 12.5 Å². The Labute approximate surface area is 107 Å². The molecule has 0 aromatic carbocycles. The first-order valence-electron chi connectivity index (χ1n) is 6.71. The molecule has 5 heteroatoms. The second kappa shape index (κ2) is 6.00. The Hall–Kier alpha value is -1.36. The summed E-state index contributed by atoms with van der Waals surface area (Å²) in [6.45, 7) is 2.73. The van der Waals surface area contributed by atoms with Gasteiger partial charge in [-0.2, -0.15) is 0 Å². The van der Waals surface area contributed by atoms with Crippen LogP contribution in [0.5, 0.6) is 0 Å². The molecule has 1 aromatic rings. The molecule has 2 N–H and O–H groups in total. The SMILES string of the molecule is CCn1cncc1C(NC1CCCCC1)C(=O)O. The van der Waals surface area contributed by atoms with Crippen LogP contribution < -0.4 is 5.32 Å². The lowest BCUT2D eigenvalue weighted by Crippen LogP contribution is -2.39. The monoisotopic (exact) mass is 251 g/mol. The highest BCUT2D eigenvalue weighted by Crippen LogP contribution is 2.21. The summed E-state index contributed by atoms with van der Waals surface area (Å²) in [6, 6.07) is -0.324. The summed E-state index contributed by atoms with van der Waals surface area (Å²) in [5.41, 5.74) is 0.746. The largest absolute Gasteiger partial charge is 0.480 e. The Morgan fingerprint density at radius 2 is 2.28 bits per heavy atom. The van der Waals surface area contributed by atoms with Crippen LogP contribution in [0.15, 0.2) is 12.5 Å². The minimum absolute atomic E-state index is 0.319. The third-order valence-electron chi connectivity index (χ3n) is 3.64. The van der Waals surface area contributed by atoms with E-state index >= 15 is 0 Å². The lowest BCUT2D eigenvalue weighted by Gasteiger charge is -2.26. The predicted molar refractivity (Wildman–Crippen MR) is 68.3 cm³/mol. The van der Waals surface area contributed by atoms with Crippen LogP contribution in [0.25, 0.3) is 0 Å². The average Bonchev–Trinajstić information content (AvgIpc) is 2.84. The van der Waals surface area contributed by atoms with Crippen molar-refractivity contribution in [2.45, 2.75) is 57.7 Å². The van der Waals surface area contributed by atoms with E-state index in [4.69, 9.17) is 0 Å². The first-order valence-corrected chi connectivity index (χ1v) is 6.71. The van der Waals surface area contributed by atoms with Gasteiger partial charge in [0.05, 0.1) is 18.2 Å². The van der Waals surface area contributed by atoms with Crippen molar-refractivity contribution in [3.05, 3.63) is 18.2 Å². The normalized spacial score (nSPS) is 18.7. The molecule has 100 valence electrons. The summed E-state index contributed by atoms with van der Waals surface area (Å²) in [4.78, 5) is 15.5. The molecule has 2 rings (SSSR count). The molecule has 1 heterocycles. The number of hydrogen-bond acceptors (Lipinski definition) is 3. The van der Waals surface area contributed by atoms with E-state index in [0.717, 1.165) is 25.1 Å². The van der Waals surface area contributed by atoms with Gasteiger partial charge in [0.15, 0.2) is 0 Å². The predicted octanol–water partition coefficient (Wildman–Crippen LogP) is 1.95. The second-order valence-electron chi connectivity index (χ2n) is 4.88. The first-order chi connectivity index (χ1) is 8.72. The molecule has 0 aliphatic heterocycles. The summed E-state index contributed by atoms with van der Waals surface area (Å²) in [7, 11) is 0. The fourth-order valence-corrected chi connectivity index (χ4v) is 2.62. The van der Waals surface area contributed by atoms with Crippen LogP contribution in [0.4, 0.5) is 0 Å². The molecule has 18 heavy (non-hydrogen) atoms. The van der Waals surface area contributed by atoms with Gasteiger partial charge in [0, 0.05) is 12.6 Å². The number of nitrogens with zero attached hydrogens (tertiary/aromatic N) is 2. The van der Waals surface area contributed by atoms with E-state index in [9.17, 15) is 9.90 Å². The van der Waals surface area contributed by atoms with Crippen LogP contribution >= 0.6 is 0 Å². The highest BCUT2D eigenvalue weighted by molar-refractivity contribution is 5.74. The molecule has 1 aliphatic carbocycles. The van der Waals surface area contributed by atoms with Crippen molar-refractivity contribution in [2.75, 3.05) is 0 Å². The zero-order valence-corrected chi connectivity index (χ0v) is 10.8. The molecule has 1 fully saturated rings. The standard InChI is InChI=1S/C13H21N3O2/c1-2-16-9-14-8-11(16)12(13(17)18)15-10-6-4-3-5-7-10/h8-10,12,15H,2-7H2,1H3,(H,17,18). The Morgan fingerprint density at radius 3 is 2.89 bits per heavy atom. The van der Waals surface area contributed by atoms with Gasteiger partial charge in [-0.15, -0.1) is 0 Å². The minimum atomic E-state index is -0.823. The lowest BCUT2D eigenvalue weighted by molar-refractivity contribution is -0.140. The maximum Gasteiger partial charge on any atom is 0.326 e. The van der Waals surface area contributed by atoms with Gasteiger partial charge in [0.25, 0.3) is 0 Å². The number of aryl methyl sites for hydroxylation is 1. The van der Waals surface area contributed by atoms with E-state index in [-0.39, 0.29) is 0 Å². The molecule has 0 amide bonds. The van der Waals surface area contributed by atoms with Crippen molar-refractivity contribution < 1.29 is 9.90 Å².